The minimum absolute atomic E-state index is 0.0667. The van der Waals surface area contributed by atoms with Gasteiger partial charge in [-0.3, -0.25) is 19.3 Å². The zero-order valence-corrected chi connectivity index (χ0v) is 39.1. The van der Waals surface area contributed by atoms with E-state index in [1.54, 1.807) is 6.07 Å². The second-order valence-electron chi connectivity index (χ2n) is 15.9. The van der Waals surface area contributed by atoms with Crippen LogP contribution in [0.1, 0.15) is 71.2 Å². The van der Waals surface area contributed by atoms with E-state index in [-0.39, 0.29) is 27.9 Å². The van der Waals surface area contributed by atoms with Crippen LogP contribution in [-0.4, -0.2) is 142 Å². The van der Waals surface area contributed by atoms with Crippen molar-refractivity contribution in [3.05, 3.63) is 77.8 Å². The fourth-order valence-electron chi connectivity index (χ4n) is 7.67. The zero-order valence-electron chi connectivity index (χ0n) is 36.7. The molecule has 0 atom stereocenters. The van der Waals surface area contributed by atoms with E-state index in [1.165, 1.54) is 23.3 Å². The van der Waals surface area contributed by atoms with Gasteiger partial charge in [-0.05, 0) is 106 Å². The second kappa shape index (κ2) is 25.0. The van der Waals surface area contributed by atoms with Gasteiger partial charge >= 0.3 is 29.2 Å². The Morgan fingerprint density at radius 1 is 0.955 bits per heavy atom. The number of carbonyl (C=O) groups excluding carboxylic acids is 2. The topological polar surface area (TPSA) is 206 Å². The number of alkyl halides is 6. The minimum Gasteiger partial charge on any atom is -0.506 e. The Morgan fingerprint density at radius 3 is 2.24 bits per heavy atom. The smallest absolute Gasteiger partial charge is 0.490 e. The van der Waals surface area contributed by atoms with Crippen LogP contribution in [-0.2, 0) is 38.5 Å². The number of amides is 2. The molecule has 0 radical (unpaired) electrons. The van der Waals surface area contributed by atoms with Gasteiger partial charge in [0.2, 0.25) is 5.91 Å². The number of fused-ring (bicyclic) bond motifs is 1. The van der Waals surface area contributed by atoms with Crippen molar-refractivity contribution in [2.24, 2.45) is 5.41 Å². The lowest BCUT2D eigenvalue weighted by Crippen LogP contribution is -2.51. The molecule has 2 amide bonds. The van der Waals surface area contributed by atoms with Gasteiger partial charge in [0.1, 0.15) is 17.0 Å². The highest BCUT2D eigenvalue weighted by molar-refractivity contribution is 7.16. The average Bonchev–Trinajstić information content (AvgIpc) is 3.90. The van der Waals surface area contributed by atoms with Crippen LogP contribution >= 0.6 is 34.3 Å². The summed E-state index contributed by atoms with van der Waals surface area (Å²) in [6.45, 7) is 11.9. The number of H-pyrrole nitrogens is 1. The van der Waals surface area contributed by atoms with Gasteiger partial charge in [0.15, 0.2) is 0 Å². The first kappa shape index (κ1) is 54.8. The van der Waals surface area contributed by atoms with E-state index in [4.69, 9.17) is 36.1 Å². The molecule has 0 aliphatic carbocycles. The molecular weight excluding hydrogens is 958 g/mol. The number of aromatic nitrogens is 2. The van der Waals surface area contributed by atoms with Crippen molar-refractivity contribution >= 4 is 68.2 Å². The maximum absolute atomic E-state index is 13.1. The number of rotatable bonds is 16. The predicted molar refractivity (Wildman–Crippen MR) is 240 cm³/mol. The van der Waals surface area contributed by atoms with Gasteiger partial charge in [-0.1, -0.05) is 41.1 Å². The number of carboxylic acid groups (broad SMARTS) is 2. The Morgan fingerprint density at radius 2 is 1.63 bits per heavy atom. The monoisotopic (exact) mass is 1010 g/mol. The molecule has 2 aliphatic rings. The van der Waals surface area contributed by atoms with Crippen LogP contribution in [0.2, 0.25) is 5.02 Å². The summed E-state index contributed by atoms with van der Waals surface area (Å²) >= 11 is 9.23. The molecular formula is C43H53ClF6N6O9S2. The van der Waals surface area contributed by atoms with Crippen molar-refractivity contribution in [3.63, 3.8) is 0 Å². The number of aryl methyl sites for hydroxylation is 1. The van der Waals surface area contributed by atoms with Gasteiger partial charge in [0.05, 0.1) is 29.3 Å². The number of thiazole rings is 2. The summed E-state index contributed by atoms with van der Waals surface area (Å²) in [5, 5.41) is 31.2. The number of carbonyl (C=O) groups is 4. The van der Waals surface area contributed by atoms with E-state index in [9.17, 15) is 45.8 Å². The molecule has 2 aromatic heterocycles. The quantitative estimate of drug-likeness (QED) is 0.0562. The van der Waals surface area contributed by atoms with Gasteiger partial charge in [0.25, 0.3) is 5.91 Å². The number of benzene rings is 2. The number of nitrogens with one attached hydrogen (secondary N) is 2. The molecule has 2 fully saturated rings. The number of halogens is 7. The van der Waals surface area contributed by atoms with Crippen LogP contribution < -0.4 is 10.2 Å². The lowest BCUT2D eigenvalue weighted by molar-refractivity contribution is -0.193. The normalized spacial score (nSPS) is 15.1. The van der Waals surface area contributed by atoms with Crippen molar-refractivity contribution in [1.82, 2.24) is 30.0 Å². The van der Waals surface area contributed by atoms with Gasteiger partial charge in [-0.25, -0.2) is 14.6 Å². The van der Waals surface area contributed by atoms with Crippen LogP contribution in [0.25, 0.3) is 10.2 Å². The highest BCUT2D eigenvalue weighted by Gasteiger charge is 2.41. The van der Waals surface area contributed by atoms with Gasteiger partial charge < -0.3 is 40.2 Å². The summed E-state index contributed by atoms with van der Waals surface area (Å²) in [6.07, 6.45) is -4.03. The first-order chi connectivity index (χ1) is 31.5. The summed E-state index contributed by atoms with van der Waals surface area (Å²) in [6, 6.07) is 9.74. The Hall–Kier alpha value is -4.81. The second-order valence-corrected chi connectivity index (χ2v) is 18.4. The molecule has 0 unspecified atom stereocenters. The largest absolute Gasteiger partial charge is 0.506 e. The van der Waals surface area contributed by atoms with Gasteiger partial charge in [0, 0.05) is 49.7 Å². The van der Waals surface area contributed by atoms with Crippen LogP contribution in [0.5, 0.6) is 5.75 Å². The molecule has 0 bridgehead atoms. The molecule has 4 aromatic rings. The Kier molecular flexibility index (Phi) is 20.4. The third-order valence-corrected chi connectivity index (χ3v) is 13.3. The third-order valence-electron chi connectivity index (χ3n) is 11.2. The lowest BCUT2D eigenvalue weighted by atomic mass is 9.72. The summed E-state index contributed by atoms with van der Waals surface area (Å²) in [4.78, 5) is 68.9. The fraction of sp³-hybridized carbons (Fsp3) is 0.535. The third kappa shape index (κ3) is 17.0. The van der Waals surface area contributed by atoms with E-state index in [0.29, 0.717) is 69.9 Å². The molecule has 1 spiro atoms. The van der Waals surface area contributed by atoms with Crippen molar-refractivity contribution in [3.8, 4) is 5.75 Å². The number of ether oxygens (including phenoxy) is 1. The van der Waals surface area contributed by atoms with Crippen molar-refractivity contribution in [1.29, 1.82) is 0 Å². The summed E-state index contributed by atoms with van der Waals surface area (Å²) in [5.41, 5.74) is 4.57. The Balaban J connectivity index is 0.000000608. The maximum Gasteiger partial charge on any atom is 0.490 e. The fourth-order valence-corrected chi connectivity index (χ4v) is 9.36. The minimum atomic E-state index is -5.08. The Labute approximate surface area is 394 Å². The Bertz CT molecular complexity index is 2330. The SMILES string of the molecule is CCN(CCNCCc1ccc(O)c2[nH]c(=O)sc12)C(=O)CCOCCc1cc(CN2CCC3(CCCN(C(=O)c4csc(C)n4)C3)CC2)ccc1Cl.O=C(O)C(F)(F)F.O=C(O)C(F)(F)F. The summed E-state index contributed by atoms with van der Waals surface area (Å²) in [7, 11) is 0. The summed E-state index contributed by atoms with van der Waals surface area (Å²) in [5.74, 6) is -5.29. The van der Waals surface area contributed by atoms with E-state index in [2.05, 4.69) is 32.3 Å². The number of hydrogen-bond donors (Lipinski definition) is 5. The van der Waals surface area contributed by atoms with E-state index in [1.807, 2.05) is 41.2 Å². The number of aromatic hydroxyl groups is 1. The number of nitrogens with zero attached hydrogens (tertiary/aromatic N) is 4. The number of phenolic OH excluding ortho intramolecular Hbond substituents is 1. The highest BCUT2D eigenvalue weighted by atomic mass is 35.5. The molecule has 67 heavy (non-hydrogen) atoms. The molecule has 2 saturated heterocycles. The molecule has 2 aromatic carbocycles. The molecule has 0 saturated carbocycles. The average molecular weight is 1010 g/mol. The first-order valence-corrected chi connectivity index (χ1v) is 23.3. The number of aromatic amines is 1. The number of likely N-dealkylation sites (tertiary alicyclic amines) is 2. The lowest BCUT2D eigenvalue weighted by Gasteiger charge is -2.47. The van der Waals surface area contributed by atoms with E-state index >= 15 is 0 Å². The van der Waals surface area contributed by atoms with Crippen LogP contribution in [0, 0.1) is 12.3 Å². The van der Waals surface area contributed by atoms with E-state index in [0.717, 1.165) is 89.2 Å². The van der Waals surface area contributed by atoms with Gasteiger partial charge in [-0.15, -0.1) is 11.3 Å². The predicted octanol–water partition coefficient (Wildman–Crippen LogP) is 7.13. The molecule has 6 rings (SSSR count). The molecule has 4 heterocycles. The number of piperidine rings is 2. The van der Waals surface area contributed by atoms with E-state index < -0.39 is 24.3 Å². The number of carboxylic acids is 2. The zero-order chi connectivity index (χ0) is 49.5. The number of hydrogen-bond acceptors (Lipinski definition) is 12. The number of aliphatic carboxylic acids is 2. The van der Waals surface area contributed by atoms with Crippen molar-refractivity contribution in [2.75, 3.05) is 65.6 Å². The highest BCUT2D eigenvalue weighted by Crippen LogP contribution is 2.40. The van der Waals surface area contributed by atoms with Crippen LogP contribution in [0.4, 0.5) is 26.3 Å². The number of phenols is 1. The molecule has 5 N–H and O–H groups in total. The molecule has 370 valence electrons. The molecule has 15 nitrogen and oxygen atoms in total. The van der Waals surface area contributed by atoms with Crippen molar-refractivity contribution in [2.45, 2.75) is 77.7 Å². The molecule has 2 aliphatic heterocycles. The molecule has 24 heteroatoms. The summed E-state index contributed by atoms with van der Waals surface area (Å²) < 4.78 is 70.2. The maximum atomic E-state index is 13.1. The van der Waals surface area contributed by atoms with Crippen molar-refractivity contribution < 1.29 is 65.6 Å². The standard InChI is InChI=1S/C39H51ClN6O5S2.2C2HF3O2/c1-3-45(20-16-41-15-9-29-6-8-33(47)35-36(29)53-38(50)43-35)34(48)11-22-51-21-10-30-23-28(5-7-31(30)40)24-44-18-13-39(14-19-44)12-4-17-46(26-39)37(49)32-25-52-27(2)42-32;2*3-2(4,5)1(6)7/h5-8,23,25,41,47H,3-4,9-22,24,26H2,1-2H3,(H,43,50);2*(H,6,7). The van der Waals surface area contributed by atoms with Gasteiger partial charge in [-0.2, -0.15) is 26.3 Å². The first-order valence-electron chi connectivity index (χ1n) is 21.2. The number of likely N-dealkylation sites (N-methyl/N-ethyl adjacent to an activating group) is 1. The van der Waals surface area contributed by atoms with Crippen LogP contribution in [0.3, 0.4) is 0 Å². The van der Waals surface area contributed by atoms with Crippen LogP contribution in [0.15, 0.2) is 40.5 Å².